The van der Waals surface area contributed by atoms with Crippen LogP contribution in [0.4, 0.5) is 5.69 Å². The quantitative estimate of drug-likeness (QED) is 0.820. The number of hydrogen-bond donors (Lipinski definition) is 1. The van der Waals surface area contributed by atoms with Crippen molar-refractivity contribution in [2.24, 2.45) is 0 Å². The third-order valence-corrected chi connectivity index (χ3v) is 3.32. The van der Waals surface area contributed by atoms with Crippen LogP contribution in [0.3, 0.4) is 0 Å². The molecule has 2 rings (SSSR count). The maximum Gasteiger partial charge on any atom is 0.119 e. The second-order valence-corrected chi connectivity index (χ2v) is 5.08. The average Bonchev–Trinajstić information content (AvgIpc) is 2.44. The van der Waals surface area contributed by atoms with Gasteiger partial charge in [-0.15, -0.1) is 0 Å². The number of aryl methyl sites for hydroxylation is 1. The van der Waals surface area contributed by atoms with E-state index in [0.29, 0.717) is 6.61 Å². The van der Waals surface area contributed by atoms with Gasteiger partial charge in [0.1, 0.15) is 12.4 Å². The van der Waals surface area contributed by atoms with Gasteiger partial charge in [0.05, 0.1) is 0 Å². The van der Waals surface area contributed by atoms with Gasteiger partial charge >= 0.3 is 0 Å². The summed E-state index contributed by atoms with van der Waals surface area (Å²) >= 11 is 0. The molecule has 0 saturated heterocycles. The topological polar surface area (TPSA) is 38.5 Å². The molecule has 0 aliphatic carbocycles. The van der Waals surface area contributed by atoms with Gasteiger partial charge in [-0.1, -0.05) is 24.3 Å². The summed E-state index contributed by atoms with van der Waals surface area (Å²) in [6.45, 7) is 4.65. The van der Waals surface area contributed by atoms with Crippen molar-refractivity contribution in [3.63, 3.8) is 0 Å². The molecule has 2 aromatic rings. The highest BCUT2D eigenvalue weighted by molar-refractivity contribution is 5.41. The Kier molecular flexibility index (Phi) is 5.02. The molecule has 2 aromatic carbocycles. The molecule has 0 fully saturated rings. The van der Waals surface area contributed by atoms with Gasteiger partial charge in [0.15, 0.2) is 0 Å². The number of hydrogen-bond acceptors (Lipinski definition) is 3. The first-order valence-corrected chi connectivity index (χ1v) is 6.86. The molecule has 0 aliphatic heterocycles. The summed E-state index contributed by atoms with van der Waals surface area (Å²) in [5.41, 5.74) is 9.09. The lowest BCUT2D eigenvalue weighted by atomic mass is 10.1. The lowest BCUT2D eigenvalue weighted by Gasteiger charge is -2.18. The van der Waals surface area contributed by atoms with Crippen LogP contribution in [-0.2, 0) is 6.54 Å². The van der Waals surface area contributed by atoms with Gasteiger partial charge in [0.2, 0.25) is 0 Å². The maximum absolute atomic E-state index is 5.70. The first kappa shape index (κ1) is 14.4. The Balaban J connectivity index is 1.76. The Hall–Kier alpha value is -2.00. The minimum absolute atomic E-state index is 0.673. The molecule has 0 aromatic heterocycles. The molecule has 0 radical (unpaired) electrons. The number of ether oxygens (including phenoxy) is 1. The van der Waals surface area contributed by atoms with Gasteiger partial charge in [-0.3, -0.25) is 4.90 Å². The number of nitrogens with zero attached hydrogens (tertiary/aromatic N) is 1. The summed E-state index contributed by atoms with van der Waals surface area (Å²) < 4.78 is 5.70. The minimum atomic E-state index is 0.673. The average molecular weight is 270 g/mol. The van der Waals surface area contributed by atoms with E-state index in [9.17, 15) is 0 Å². The molecule has 3 nitrogen and oxygen atoms in total. The van der Waals surface area contributed by atoms with Crippen LogP contribution in [0.5, 0.6) is 5.75 Å². The molecule has 0 atom stereocenters. The lowest BCUT2D eigenvalue weighted by Crippen LogP contribution is -2.24. The Bertz CT molecular complexity index is 537. The first-order valence-electron chi connectivity index (χ1n) is 6.86. The number of benzene rings is 2. The molecule has 0 heterocycles. The van der Waals surface area contributed by atoms with E-state index in [1.807, 2.05) is 24.3 Å². The van der Waals surface area contributed by atoms with E-state index < -0.39 is 0 Å². The van der Waals surface area contributed by atoms with Crippen molar-refractivity contribution in [2.45, 2.75) is 13.5 Å². The van der Waals surface area contributed by atoms with E-state index in [2.05, 4.69) is 43.1 Å². The van der Waals surface area contributed by atoms with E-state index in [1.54, 1.807) is 0 Å². The Morgan fingerprint density at radius 1 is 1.05 bits per heavy atom. The van der Waals surface area contributed by atoms with Crippen molar-refractivity contribution in [3.05, 3.63) is 59.7 Å². The van der Waals surface area contributed by atoms with Gasteiger partial charge in [0.25, 0.3) is 0 Å². The zero-order chi connectivity index (χ0) is 14.4. The molecule has 0 saturated carbocycles. The van der Waals surface area contributed by atoms with Crippen molar-refractivity contribution >= 4 is 5.69 Å². The van der Waals surface area contributed by atoms with Crippen molar-refractivity contribution in [2.75, 3.05) is 25.9 Å². The molecule has 0 unspecified atom stereocenters. The van der Waals surface area contributed by atoms with Gasteiger partial charge in [-0.2, -0.15) is 0 Å². The molecular weight excluding hydrogens is 248 g/mol. The number of nitrogens with two attached hydrogens (primary N) is 1. The first-order chi connectivity index (χ1) is 9.65. The molecule has 20 heavy (non-hydrogen) atoms. The molecule has 0 bridgehead atoms. The van der Waals surface area contributed by atoms with Gasteiger partial charge < -0.3 is 10.5 Å². The fourth-order valence-corrected chi connectivity index (χ4v) is 2.04. The highest BCUT2D eigenvalue weighted by atomic mass is 16.5. The van der Waals surface area contributed by atoms with Gasteiger partial charge in [0, 0.05) is 18.8 Å². The fourth-order valence-electron chi connectivity index (χ4n) is 2.04. The summed E-state index contributed by atoms with van der Waals surface area (Å²) in [5.74, 6) is 0.864. The number of rotatable bonds is 6. The van der Waals surface area contributed by atoms with Crippen LogP contribution in [0.1, 0.15) is 11.1 Å². The standard InChI is InChI=1S/C17H22N2O/c1-14-5-3-4-6-15(14)13-19(2)11-12-20-17-9-7-16(18)8-10-17/h3-10H,11-13,18H2,1-2H3. The minimum Gasteiger partial charge on any atom is -0.492 e. The summed E-state index contributed by atoms with van der Waals surface area (Å²) in [4.78, 5) is 2.26. The van der Waals surface area contributed by atoms with Gasteiger partial charge in [-0.25, -0.2) is 0 Å². The van der Waals surface area contributed by atoms with Crippen LogP contribution >= 0.6 is 0 Å². The molecule has 3 heteroatoms. The Morgan fingerprint density at radius 3 is 2.45 bits per heavy atom. The SMILES string of the molecule is Cc1ccccc1CN(C)CCOc1ccc(N)cc1. The van der Waals surface area contributed by atoms with Crippen molar-refractivity contribution < 1.29 is 4.74 Å². The van der Waals surface area contributed by atoms with Crippen LogP contribution in [0.15, 0.2) is 48.5 Å². The highest BCUT2D eigenvalue weighted by Crippen LogP contribution is 2.13. The Morgan fingerprint density at radius 2 is 1.75 bits per heavy atom. The lowest BCUT2D eigenvalue weighted by molar-refractivity contribution is 0.232. The second kappa shape index (κ2) is 6.96. The smallest absolute Gasteiger partial charge is 0.119 e. The molecule has 106 valence electrons. The van der Waals surface area contributed by atoms with E-state index in [1.165, 1.54) is 11.1 Å². The van der Waals surface area contributed by atoms with E-state index in [4.69, 9.17) is 10.5 Å². The molecule has 0 spiro atoms. The zero-order valence-corrected chi connectivity index (χ0v) is 12.2. The number of anilines is 1. The van der Waals surface area contributed by atoms with Gasteiger partial charge in [-0.05, 0) is 49.4 Å². The molecule has 2 N–H and O–H groups in total. The van der Waals surface area contributed by atoms with Crippen LogP contribution < -0.4 is 10.5 Å². The second-order valence-electron chi connectivity index (χ2n) is 5.08. The molecule has 0 aliphatic rings. The number of nitrogen functional groups attached to an aromatic ring is 1. The normalized spacial score (nSPS) is 10.8. The van der Waals surface area contributed by atoms with Crippen molar-refractivity contribution in [3.8, 4) is 5.75 Å². The third kappa shape index (κ3) is 4.28. The van der Waals surface area contributed by atoms with E-state index in [0.717, 1.165) is 24.5 Å². The fraction of sp³-hybridized carbons (Fsp3) is 0.294. The predicted molar refractivity (Wildman–Crippen MR) is 83.9 cm³/mol. The predicted octanol–water partition coefficient (Wildman–Crippen LogP) is 3.09. The molecular formula is C17H22N2O. The summed E-state index contributed by atoms with van der Waals surface area (Å²) in [7, 11) is 2.11. The molecule has 0 amide bonds. The van der Waals surface area contributed by atoms with Crippen LogP contribution in [0, 0.1) is 6.92 Å². The largest absolute Gasteiger partial charge is 0.492 e. The van der Waals surface area contributed by atoms with E-state index in [-0.39, 0.29) is 0 Å². The van der Waals surface area contributed by atoms with Crippen LogP contribution in [0.2, 0.25) is 0 Å². The highest BCUT2D eigenvalue weighted by Gasteiger charge is 2.03. The zero-order valence-electron chi connectivity index (χ0n) is 12.2. The maximum atomic E-state index is 5.70. The van der Waals surface area contributed by atoms with Crippen LogP contribution in [0.25, 0.3) is 0 Å². The summed E-state index contributed by atoms with van der Waals surface area (Å²) in [6, 6.07) is 16.0. The summed E-state index contributed by atoms with van der Waals surface area (Å²) in [5, 5.41) is 0. The Labute approximate surface area is 121 Å². The van der Waals surface area contributed by atoms with Crippen LogP contribution in [-0.4, -0.2) is 25.1 Å². The van der Waals surface area contributed by atoms with E-state index >= 15 is 0 Å². The summed E-state index contributed by atoms with van der Waals surface area (Å²) in [6.07, 6.45) is 0. The van der Waals surface area contributed by atoms with Crippen molar-refractivity contribution in [1.82, 2.24) is 4.90 Å². The van der Waals surface area contributed by atoms with Crippen molar-refractivity contribution in [1.29, 1.82) is 0 Å². The third-order valence-electron chi connectivity index (χ3n) is 3.32. The monoisotopic (exact) mass is 270 g/mol. The number of likely N-dealkylation sites (N-methyl/N-ethyl adjacent to an activating group) is 1.